The van der Waals surface area contributed by atoms with Gasteiger partial charge in [-0.05, 0) is 41.5 Å². The molecular formula is C17H13N5O. The number of pyridine rings is 2. The molecule has 6 nitrogen and oxygen atoms in total. The number of fused-ring (bicyclic) bond motifs is 1. The van der Waals surface area contributed by atoms with Crippen LogP contribution in [0.3, 0.4) is 0 Å². The van der Waals surface area contributed by atoms with Crippen molar-refractivity contribution in [1.29, 1.82) is 0 Å². The van der Waals surface area contributed by atoms with E-state index in [1.807, 2.05) is 24.3 Å². The minimum atomic E-state index is 0.194. The molecule has 0 aliphatic carbocycles. The Labute approximate surface area is 131 Å². The van der Waals surface area contributed by atoms with E-state index < -0.39 is 0 Å². The van der Waals surface area contributed by atoms with Crippen LogP contribution in [0.25, 0.3) is 33.4 Å². The molecule has 0 atom stereocenters. The summed E-state index contributed by atoms with van der Waals surface area (Å²) in [5.74, 6) is 0.598. The first kappa shape index (κ1) is 13.3. The number of phenols is 1. The van der Waals surface area contributed by atoms with Crippen molar-refractivity contribution < 1.29 is 5.11 Å². The summed E-state index contributed by atoms with van der Waals surface area (Å²) in [5.41, 5.74) is 10.0. The Bertz CT molecular complexity index is 994. The van der Waals surface area contributed by atoms with E-state index in [1.165, 1.54) is 0 Å². The summed E-state index contributed by atoms with van der Waals surface area (Å²) in [4.78, 5) is 8.62. The molecule has 4 N–H and O–H groups in total. The molecule has 112 valence electrons. The lowest BCUT2D eigenvalue weighted by Crippen LogP contribution is -1.91. The van der Waals surface area contributed by atoms with E-state index in [-0.39, 0.29) is 5.75 Å². The molecule has 0 saturated carbocycles. The maximum absolute atomic E-state index is 9.70. The second-order valence-corrected chi connectivity index (χ2v) is 5.17. The van der Waals surface area contributed by atoms with Gasteiger partial charge in [0.15, 0.2) is 11.5 Å². The third-order valence-electron chi connectivity index (χ3n) is 3.69. The number of hydrogen-bond donors (Lipinski definition) is 3. The highest BCUT2D eigenvalue weighted by atomic mass is 16.3. The number of nitrogens with zero attached hydrogens (tertiary/aromatic N) is 3. The standard InChI is InChI=1S/C17H13N5O/c18-16-15-13(10-4-6-19-7-5-10)9-14(20-17(15)22-21-16)11-2-1-3-12(23)8-11/h1-9,23H,(H3,18,20,21,22). The number of anilines is 1. The number of benzene rings is 1. The van der Waals surface area contributed by atoms with Gasteiger partial charge in [0, 0.05) is 18.0 Å². The van der Waals surface area contributed by atoms with Gasteiger partial charge in [0.25, 0.3) is 0 Å². The summed E-state index contributed by atoms with van der Waals surface area (Å²) in [6, 6.07) is 12.7. The minimum Gasteiger partial charge on any atom is -0.508 e. The summed E-state index contributed by atoms with van der Waals surface area (Å²) in [6.45, 7) is 0. The van der Waals surface area contributed by atoms with Crippen LogP contribution in [-0.2, 0) is 0 Å². The van der Waals surface area contributed by atoms with Gasteiger partial charge in [-0.25, -0.2) is 4.98 Å². The largest absolute Gasteiger partial charge is 0.508 e. The quantitative estimate of drug-likeness (QED) is 0.528. The highest BCUT2D eigenvalue weighted by molar-refractivity contribution is 6.01. The number of rotatable bonds is 2. The molecule has 1 aromatic carbocycles. The van der Waals surface area contributed by atoms with Crippen molar-refractivity contribution in [2.75, 3.05) is 5.73 Å². The Kier molecular flexibility index (Phi) is 2.94. The number of H-pyrrole nitrogens is 1. The fourth-order valence-electron chi connectivity index (χ4n) is 2.63. The SMILES string of the molecule is Nc1n[nH]c2nc(-c3cccc(O)c3)cc(-c3ccncc3)c12. The van der Waals surface area contributed by atoms with Gasteiger partial charge in [0.2, 0.25) is 0 Å². The second-order valence-electron chi connectivity index (χ2n) is 5.17. The molecule has 0 unspecified atom stereocenters. The Morgan fingerprint density at radius 3 is 2.61 bits per heavy atom. The molecular weight excluding hydrogens is 290 g/mol. The molecule has 4 rings (SSSR count). The van der Waals surface area contributed by atoms with Crippen molar-refractivity contribution in [3.8, 4) is 28.1 Å². The zero-order valence-corrected chi connectivity index (χ0v) is 12.1. The van der Waals surface area contributed by atoms with E-state index in [1.54, 1.807) is 30.6 Å². The molecule has 0 radical (unpaired) electrons. The van der Waals surface area contributed by atoms with E-state index in [2.05, 4.69) is 20.2 Å². The van der Waals surface area contributed by atoms with Crippen LogP contribution in [0.1, 0.15) is 0 Å². The topological polar surface area (TPSA) is 101 Å². The lowest BCUT2D eigenvalue weighted by atomic mass is 10.0. The molecule has 0 fully saturated rings. The van der Waals surface area contributed by atoms with Crippen molar-refractivity contribution in [2.24, 2.45) is 0 Å². The molecule has 3 aromatic heterocycles. The number of aromatic amines is 1. The molecule has 0 aliphatic rings. The van der Waals surface area contributed by atoms with Gasteiger partial charge >= 0.3 is 0 Å². The number of hydrogen-bond acceptors (Lipinski definition) is 5. The number of nitrogens with two attached hydrogens (primary N) is 1. The predicted molar refractivity (Wildman–Crippen MR) is 88.6 cm³/mol. The Hall–Kier alpha value is -3.41. The Morgan fingerprint density at radius 1 is 1.00 bits per heavy atom. The third kappa shape index (κ3) is 2.26. The van der Waals surface area contributed by atoms with Crippen LogP contribution in [-0.4, -0.2) is 25.3 Å². The van der Waals surface area contributed by atoms with E-state index in [0.29, 0.717) is 11.5 Å². The lowest BCUT2D eigenvalue weighted by Gasteiger charge is -2.08. The van der Waals surface area contributed by atoms with Gasteiger partial charge in [0.1, 0.15) is 5.75 Å². The van der Waals surface area contributed by atoms with Crippen LogP contribution in [0.15, 0.2) is 54.9 Å². The first-order valence-corrected chi connectivity index (χ1v) is 7.07. The van der Waals surface area contributed by atoms with E-state index in [9.17, 15) is 5.11 Å². The minimum absolute atomic E-state index is 0.194. The van der Waals surface area contributed by atoms with Gasteiger partial charge in [-0.2, -0.15) is 5.10 Å². The molecule has 0 bridgehead atoms. The lowest BCUT2D eigenvalue weighted by molar-refractivity contribution is 0.475. The van der Waals surface area contributed by atoms with Crippen molar-refractivity contribution in [3.05, 3.63) is 54.9 Å². The normalized spacial score (nSPS) is 11.0. The molecule has 0 amide bonds. The van der Waals surface area contributed by atoms with E-state index >= 15 is 0 Å². The van der Waals surface area contributed by atoms with Crippen molar-refractivity contribution >= 4 is 16.9 Å². The zero-order valence-electron chi connectivity index (χ0n) is 12.1. The molecule has 3 heterocycles. The maximum atomic E-state index is 9.70. The van der Waals surface area contributed by atoms with Crippen LogP contribution in [0.5, 0.6) is 5.75 Å². The molecule has 23 heavy (non-hydrogen) atoms. The van der Waals surface area contributed by atoms with Crippen molar-refractivity contribution in [1.82, 2.24) is 20.2 Å². The fourth-order valence-corrected chi connectivity index (χ4v) is 2.63. The van der Waals surface area contributed by atoms with E-state index in [0.717, 1.165) is 27.8 Å². The Balaban J connectivity index is 2.02. The van der Waals surface area contributed by atoms with Crippen LogP contribution in [0, 0.1) is 0 Å². The average molecular weight is 303 g/mol. The average Bonchev–Trinajstić information content (AvgIpc) is 2.96. The van der Waals surface area contributed by atoms with Crippen LogP contribution < -0.4 is 5.73 Å². The van der Waals surface area contributed by atoms with Crippen LogP contribution in [0.4, 0.5) is 5.82 Å². The molecule has 6 heteroatoms. The first-order chi connectivity index (χ1) is 11.2. The highest BCUT2D eigenvalue weighted by Gasteiger charge is 2.14. The number of nitrogens with one attached hydrogen (secondary N) is 1. The third-order valence-corrected chi connectivity index (χ3v) is 3.69. The Morgan fingerprint density at radius 2 is 1.83 bits per heavy atom. The second kappa shape index (κ2) is 5.10. The fraction of sp³-hybridized carbons (Fsp3) is 0. The van der Waals surface area contributed by atoms with Gasteiger partial charge in [0.05, 0.1) is 11.1 Å². The number of aromatic nitrogens is 4. The summed E-state index contributed by atoms with van der Waals surface area (Å²) in [6.07, 6.45) is 3.46. The summed E-state index contributed by atoms with van der Waals surface area (Å²) < 4.78 is 0. The first-order valence-electron chi connectivity index (χ1n) is 7.07. The summed E-state index contributed by atoms with van der Waals surface area (Å²) in [7, 11) is 0. The number of phenolic OH excluding ortho intramolecular Hbond substituents is 1. The summed E-state index contributed by atoms with van der Waals surface area (Å²) in [5, 5.41) is 17.4. The monoisotopic (exact) mass is 303 g/mol. The molecule has 4 aromatic rings. The number of nitrogen functional groups attached to an aromatic ring is 1. The van der Waals surface area contributed by atoms with Crippen molar-refractivity contribution in [2.45, 2.75) is 0 Å². The summed E-state index contributed by atoms with van der Waals surface area (Å²) >= 11 is 0. The molecule has 0 saturated heterocycles. The van der Waals surface area contributed by atoms with Crippen LogP contribution >= 0.6 is 0 Å². The maximum Gasteiger partial charge on any atom is 0.158 e. The van der Waals surface area contributed by atoms with Gasteiger partial charge < -0.3 is 10.8 Å². The van der Waals surface area contributed by atoms with Crippen LogP contribution in [0.2, 0.25) is 0 Å². The predicted octanol–water partition coefficient (Wildman–Crippen LogP) is 2.97. The zero-order chi connectivity index (χ0) is 15.8. The van der Waals surface area contributed by atoms with Gasteiger partial charge in [-0.15, -0.1) is 0 Å². The van der Waals surface area contributed by atoms with Gasteiger partial charge in [-0.1, -0.05) is 12.1 Å². The number of aromatic hydroxyl groups is 1. The highest BCUT2D eigenvalue weighted by Crippen LogP contribution is 2.34. The van der Waals surface area contributed by atoms with E-state index in [4.69, 9.17) is 5.73 Å². The molecule has 0 aliphatic heterocycles. The smallest absolute Gasteiger partial charge is 0.158 e. The van der Waals surface area contributed by atoms with Crippen molar-refractivity contribution in [3.63, 3.8) is 0 Å². The van der Waals surface area contributed by atoms with Gasteiger partial charge in [-0.3, -0.25) is 10.1 Å². The molecule has 0 spiro atoms.